The van der Waals surface area contributed by atoms with Gasteiger partial charge in [0.15, 0.2) is 5.82 Å². The monoisotopic (exact) mass is 346 g/mol. The highest BCUT2D eigenvalue weighted by Gasteiger charge is 2.08. The van der Waals surface area contributed by atoms with Crippen molar-refractivity contribution in [1.82, 2.24) is 30.1 Å². The fourth-order valence-electron chi connectivity index (χ4n) is 2.62. The highest BCUT2D eigenvalue weighted by molar-refractivity contribution is 5.82. The molecule has 4 aromatic rings. The van der Waals surface area contributed by atoms with E-state index in [1.54, 1.807) is 6.20 Å². The highest BCUT2D eigenvalue weighted by atomic mass is 15.2. The Morgan fingerprint density at radius 1 is 1.08 bits per heavy atom. The van der Waals surface area contributed by atoms with Crippen molar-refractivity contribution in [1.29, 1.82) is 0 Å². The summed E-state index contributed by atoms with van der Waals surface area (Å²) in [6, 6.07) is 9.88. The van der Waals surface area contributed by atoms with E-state index in [1.165, 1.54) is 5.56 Å². The minimum absolute atomic E-state index is 0.163. The third-order valence-electron chi connectivity index (χ3n) is 4.07. The molecule has 4 N–H and O–H groups in total. The molecule has 0 aliphatic rings. The largest absolute Gasteiger partial charge is 0.368 e. The number of pyridine rings is 1. The summed E-state index contributed by atoms with van der Waals surface area (Å²) >= 11 is 0. The van der Waals surface area contributed by atoms with Crippen LogP contribution in [0.25, 0.3) is 22.3 Å². The lowest BCUT2D eigenvalue weighted by atomic mass is 10.1. The van der Waals surface area contributed by atoms with E-state index in [-0.39, 0.29) is 5.95 Å². The highest BCUT2D eigenvalue weighted by Crippen LogP contribution is 2.21. The lowest BCUT2D eigenvalue weighted by Gasteiger charge is -2.08. The van der Waals surface area contributed by atoms with Crippen molar-refractivity contribution >= 4 is 22.8 Å². The number of nitrogens with zero attached hydrogens (tertiary/aromatic N) is 5. The Bertz CT molecular complexity index is 1040. The van der Waals surface area contributed by atoms with Gasteiger partial charge in [0.1, 0.15) is 0 Å². The van der Waals surface area contributed by atoms with Gasteiger partial charge in [0, 0.05) is 17.1 Å². The number of hydrogen-bond donors (Lipinski definition) is 3. The quantitative estimate of drug-likeness (QED) is 0.508. The van der Waals surface area contributed by atoms with Crippen LogP contribution in [0.2, 0.25) is 0 Å². The summed E-state index contributed by atoms with van der Waals surface area (Å²) in [7, 11) is 0. The summed E-state index contributed by atoms with van der Waals surface area (Å²) < 4.78 is 0. The van der Waals surface area contributed by atoms with Crippen molar-refractivity contribution in [2.45, 2.75) is 19.9 Å². The third kappa shape index (κ3) is 3.30. The molecule has 0 atom stereocenters. The molecule has 0 saturated heterocycles. The summed E-state index contributed by atoms with van der Waals surface area (Å²) in [4.78, 5) is 17.3. The Kier molecular flexibility index (Phi) is 4.14. The zero-order valence-electron chi connectivity index (χ0n) is 14.3. The predicted octanol–water partition coefficient (Wildman–Crippen LogP) is 2.57. The molecule has 1 aromatic carbocycles. The van der Waals surface area contributed by atoms with E-state index < -0.39 is 0 Å². The fourth-order valence-corrected chi connectivity index (χ4v) is 2.62. The lowest BCUT2D eigenvalue weighted by Crippen LogP contribution is -2.09. The van der Waals surface area contributed by atoms with Crippen LogP contribution in [0.4, 0.5) is 11.9 Å². The Labute approximate surface area is 149 Å². The van der Waals surface area contributed by atoms with Crippen molar-refractivity contribution < 1.29 is 0 Å². The number of nitrogens with two attached hydrogens (primary N) is 1. The summed E-state index contributed by atoms with van der Waals surface area (Å²) in [5.41, 5.74) is 9.72. The molecule has 0 spiro atoms. The van der Waals surface area contributed by atoms with E-state index in [4.69, 9.17) is 5.73 Å². The third-order valence-corrected chi connectivity index (χ3v) is 4.07. The number of fused-ring (bicyclic) bond motifs is 1. The van der Waals surface area contributed by atoms with Gasteiger partial charge in [0.2, 0.25) is 11.9 Å². The summed E-state index contributed by atoms with van der Waals surface area (Å²) in [5.74, 6) is 1.08. The van der Waals surface area contributed by atoms with Gasteiger partial charge in [-0.3, -0.25) is 10.1 Å². The van der Waals surface area contributed by atoms with E-state index in [9.17, 15) is 0 Å². The average Bonchev–Trinajstić information content (AvgIpc) is 3.14. The molecule has 0 aliphatic carbocycles. The van der Waals surface area contributed by atoms with Crippen molar-refractivity contribution in [2.75, 3.05) is 11.1 Å². The number of hydrogen-bond acceptors (Lipinski definition) is 7. The van der Waals surface area contributed by atoms with E-state index in [2.05, 4.69) is 48.4 Å². The number of aromatic nitrogens is 6. The van der Waals surface area contributed by atoms with Gasteiger partial charge in [0.25, 0.3) is 0 Å². The predicted molar refractivity (Wildman–Crippen MR) is 100 cm³/mol. The first-order valence-electron chi connectivity index (χ1n) is 8.34. The van der Waals surface area contributed by atoms with Crippen LogP contribution < -0.4 is 11.1 Å². The number of benzene rings is 1. The number of aromatic amines is 1. The van der Waals surface area contributed by atoms with Crippen LogP contribution >= 0.6 is 0 Å². The normalized spacial score (nSPS) is 11.0. The first-order valence-corrected chi connectivity index (χ1v) is 8.34. The minimum atomic E-state index is 0.163. The van der Waals surface area contributed by atoms with Crippen molar-refractivity contribution in [3.8, 4) is 11.4 Å². The number of aryl methyl sites for hydroxylation is 1. The van der Waals surface area contributed by atoms with E-state index in [1.807, 2.05) is 30.5 Å². The first kappa shape index (κ1) is 15.9. The molecule has 0 saturated carbocycles. The fraction of sp³-hybridized carbons (Fsp3) is 0.167. The number of rotatable bonds is 5. The van der Waals surface area contributed by atoms with Gasteiger partial charge in [-0.2, -0.15) is 20.1 Å². The van der Waals surface area contributed by atoms with Gasteiger partial charge in [-0.1, -0.05) is 25.1 Å². The molecule has 3 aromatic heterocycles. The summed E-state index contributed by atoms with van der Waals surface area (Å²) in [6.45, 7) is 2.61. The topological polar surface area (TPSA) is 118 Å². The zero-order chi connectivity index (χ0) is 17.9. The molecule has 0 aliphatic heterocycles. The molecule has 26 heavy (non-hydrogen) atoms. The molecule has 130 valence electrons. The number of H-pyrrole nitrogens is 1. The Hall–Kier alpha value is -3.55. The first-order chi connectivity index (χ1) is 12.7. The smallest absolute Gasteiger partial charge is 0.228 e. The van der Waals surface area contributed by atoms with Gasteiger partial charge >= 0.3 is 0 Å². The van der Waals surface area contributed by atoms with Crippen LogP contribution in [0.3, 0.4) is 0 Å². The summed E-state index contributed by atoms with van der Waals surface area (Å²) in [5, 5.41) is 11.1. The Morgan fingerprint density at radius 3 is 2.81 bits per heavy atom. The van der Waals surface area contributed by atoms with Gasteiger partial charge in [-0.05, 0) is 24.1 Å². The molecule has 0 amide bonds. The summed E-state index contributed by atoms with van der Waals surface area (Å²) in [6.07, 6.45) is 4.61. The Morgan fingerprint density at radius 2 is 2.00 bits per heavy atom. The molecule has 0 unspecified atom stereocenters. The lowest BCUT2D eigenvalue weighted by molar-refractivity contribution is 0.972. The second-order valence-electron chi connectivity index (χ2n) is 5.88. The zero-order valence-corrected chi connectivity index (χ0v) is 14.3. The van der Waals surface area contributed by atoms with Crippen LogP contribution in [-0.2, 0) is 13.0 Å². The maximum absolute atomic E-state index is 5.86. The van der Waals surface area contributed by atoms with Gasteiger partial charge in [-0.25, -0.2) is 0 Å². The maximum Gasteiger partial charge on any atom is 0.228 e. The number of anilines is 2. The second-order valence-corrected chi connectivity index (χ2v) is 5.88. The van der Waals surface area contributed by atoms with Crippen molar-refractivity contribution in [3.05, 3.63) is 54.0 Å². The second kappa shape index (κ2) is 6.75. The van der Waals surface area contributed by atoms with Crippen LogP contribution in [0.5, 0.6) is 0 Å². The molecule has 3 heterocycles. The molecular formula is C18H18N8. The van der Waals surface area contributed by atoms with Crippen LogP contribution in [0.15, 0.2) is 42.7 Å². The molecule has 0 fully saturated rings. The van der Waals surface area contributed by atoms with Gasteiger partial charge in [-0.15, -0.1) is 0 Å². The van der Waals surface area contributed by atoms with Gasteiger partial charge < -0.3 is 11.1 Å². The van der Waals surface area contributed by atoms with Crippen LogP contribution in [0, 0.1) is 0 Å². The number of nitrogens with one attached hydrogen (secondary N) is 2. The standard InChI is InChI=1S/C18H18N8/c1-2-11-3-6-14(20-8-11)10-21-18-24-16(23-17(19)25-18)12-4-5-13-9-22-26-15(13)7-12/h3-9H,2,10H2,1H3,(H,22,26)(H3,19,21,23,24,25). The minimum Gasteiger partial charge on any atom is -0.368 e. The maximum atomic E-state index is 5.86. The van der Waals surface area contributed by atoms with E-state index >= 15 is 0 Å². The molecular weight excluding hydrogens is 328 g/mol. The van der Waals surface area contributed by atoms with Crippen molar-refractivity contribution in [2.24, 2.45) is 0 Å². The van der Waals surface area contributed by atoms with Gasteiger partial charge in [0.05, 0.1) is 24.0 Å². The van der Waals surface area contributed by atoms with E-state index in [0.717, 1.165) is 28.6 Å². The molecule has 0 radical (unpaired) electrons. The SMILES string of the molecule is CCc1ccc(CNc2nc(N)nc(-c3ccc4cn[nH]c4c3)n2)nc1. The molecule has 8 nitrogen and oxygen atoms in total. The van der Waals surface area contributed by atoms with Crippen LogP contribution in [-0.4, -0.2) is 30.1 Å². The Balaban J connectivity index is 1.57. The average molecular weight is 346 g/mol. The van der Waals surface area contributed by atoms with E-state index in [0.29, 0.717) is 18.3 Å². The molecule has 8 heteroatoms. The molecule has 4 rings (SSSR count). The van der Waals surface area contributed by atoms with Crippen molar-refractivity contribution in [3.63, 3.8) is 0 Å². The van der Waals surface area contributed by atoms with Crippen LogP contribution in [0.1, 0.15) is 18.2 Å². The molecule has 0 bridgehead atoms. The number of nitrogen functional groups attached to an aromatic ring is 1.